The van der Waals surface area contributed by atoms with Crippen molar-refractivity contribution in [3.8, 4) is 5.75 Å². The van der Waals surface area contributed by atoms with Crippen LogP contribution in [0.2, 0.25) is 0 Å². The second-order valence-corrected chi connectivity index (χ2v) is 6.34. The van der Waals surface area contributed by atoms with E-state index < -0.39 is 23.5 Å². The van der Waals surface area contributed by atoms with Gasteiger partial charge in [0.2, 0.25) is 0 Å². The molecule has 1 atom stereocenters. The van der Waals surface area contributed by atoms with Gasteiger partial charge < -0.3 is 20.9 Å². The first-order valence-electron chi connectivity index (χ1n) is 8.12. The van der Waals surface area contributed by atoms with E-state index >= 15 is 0 Å². The van der Waals surface area contributed by atoms with Gasteiger partial charge in [-0.15, -0.1) is 0 Å². The third-order valence-electron chi connectivity index (χ3n) is 4.19. The Balaban J connectivity index is 1.93. The number of aliphatic hydroxyl groups excluding tert-OH is 1. The average molecular weight is 376 g/mol. The van der Waals surface area contributed by atoms with E-state index in [-0.39, 0.29) is 29.4 Å². The predicted octanol–water partition coefficient (Wildman–Crippen LogP) is 2.04. The topological polar surface area (TPSA) is 110 Å². The van der Waals surface area contributed by atoms with Crippen molar-refractivity contribution in [1.82, 2.24) is 9.97 Å². The number of carbonyl (C=O) groups excluding carboxylic acids is 1. The Morgan fingerprint density at radius 3 is 2.74 bits per heavy atom. The molecule has 0 spiro atoms. The molecule has 0 saturated heterocycles. The molecule has 142 valence electrons. The highest BCUT2D eigenvalue weighted by Gasteiger charge is 2.36. The molecule has 1 aliphatic rings. The van der Waals surface area contributed by atoms with Crippen LogP contribution < -0.4 is 15.8 Å². The quantitative estimate of drug-likeness (QED) is 0.689. The van der Waals surface area contributed by atoms with Gasteiger partial charge in [-0.1, -0.05) is 0 Å². The number of halogens is 2. The van der Waals surface area contributed by atoms with Crippen LogP contribution >= 0.6 is 0 Å². The van der Waals surface area contributed by atoms with Gasteiger partial charge in [0.1, 0.15) is 11.4 Å². The molecule has 1 aromatic carbocycles. The van der Waals surface area contributed by atoms with Gasteiger partial charge in [0.15, 0.2) is 5.82 Å². The fraction of sp³-hybridized carbons (Fsp3) is 0.278. The Hall–Kier alpha value is -3.07. The summed E-state index contributed by atoms with van der Waals surface area (Å²) in [5.41, 5.74) is 4.73. The number of rotatable bonds is 5. The molecule has 1 aliphatic heterocycles. The van der Waals surface area contributed by atoms with Gasteiger partial charge in [-0.2, -0.15) is 0 Å². The number of hydrogen-bond acceptors (Lipinski definition) is 6. The van der Waals surface area contributed by atoms with E-state index in [1.54, 1.807) is 13.0 Å². The first-order chi connectivity index (χ1) is 12.9. The van der Waals surface area contributed by atoms with Crippen molar-refractivity contribution in [1.29, 1.82) is 0 Å². The minimum Gasteiger partial charge on any atom is -0.485 e. The molecule has 0 fully saturated rings. The summed E-state index contributed by atoms with van der Waals surface area (Å²) in [6, 6.07) is 4.18. The number of carbonyl (C=O) groups is 1. The lowest BCUT2D eigenvalue weighted by atomic mass is 9.98. The monoisotopic (exact) mass is 376 g/mol. The molecule has 0 saturated carbocycles. The maximum Gasteiger partial charge on any atom is 0.265 e. The van der Waals surface area contributed by atoms with Crippen molar-refractivity contribution in [3.05, 3.63) is 53.7 Å². The summed E-state index contributed by atoms with van der Waals surface area (Å²) in [6.07, 6.45) is 1.38. The van der Waals surface area contributed by atoms with Gasteiger partial charge in [0.25, 0.3) is 12.3 Å². The van der Waals surface area contributed by atoms with E-state index in [2.05, 4.69) is 15.3 Å². The maximum absolute atomic E-state index is 13.5. The van der Waals surface area contributed by atoms with E-state index in [1.165, 1.54) is 24.5 Å². The van der Waals surface area contributed by atoms with E-state index in [4.69, 9.17) is 10.5 Å². The van der Waals surface area contributed by atoms with E-state index in [1.807, 2.05) is 0 Å². The van der Waals surface area contributed by atoms with E-state index in [0.717, 1.165) is 6.20 Å². The highest BCUT2D eigenvalue weighted by Crippen LogP contribution is 2.41. The molecule has 7 nitrogen and oxygen atoms in total. The zero-order chi connectivity index (χ0) is 19.6. The molecular formula is C18H18F2N4O3. The lowest BCUT2D eigenvalue weighted by Gasteiger charge is -2.20. The number of hydrogen-bond donors (Lipinski definition) is 3. The summed E-state index contributed by atoms with van der Waals surface area (Å²) in [7, 11) is 0. The maximum atomic E-state index is 13.5. The van der Waals surface area contributed by atoms with Gasteiger partial charge in [-0.25, -0.2) is 18.7 Å². The lowest BCUT2D eigenvalue weighted by molar-refractivity contribution is -0.111. The van der Waals surface area contributed by atoms with Crippen molar-refractivity contribution in [3.63, 3.8) is 0 Å². The number of nitrogens with two attached hydrogens (primary N) is 1. The number of aliphatic hydroxyl groups is 1. The Morgan fingerprint density at radius 2 is 2.15 bits per heavy atom. The average Bonchev–Trinajstić information content (AvgIpc) is 2.98. The highest BCUT2D eigenvalue weighted by molar-refractivity contribution is 6.24. The molecule has 3 rings (SSSR count). The molecule has 0 unspecified atom stereocenters. The normalized spacial score (nSPS) is 18.9. The predicted molar refractivity (Wildman–Crippen MR) is 94.0 cm³/mol. The summed E-state index contributed by atoms with van der Waals surface area (Å²) < 4.78 is 32.6. The number of nitrogens with one attached hydrogen (secondary N) is 1. The molecule has 1 aromatic heterocycles. The molecule has 2 aromatic rings. The van der Waals surface area contributed by atoms with Crippen LogP contribution in [-0.4, -0.2) is 33.2 Å². The first kappa shape index (κ1) is 18.7. The first-order valence-corrected chi connectivity index (χ1v) is 8.12. The molecule has 27 heavy (non-hydrogen) atoms. The van der Waals surface area contributed by atoms with Crippen molar-refractivity contribution < 1.29 is 23.4 Å². The lowest BCUT2D eigenvalue weighted by Crippen LogP contribution is -2.34. The smallest absolute Gasteiger partial charge is 0.265 e. The zero-order valence-corrected chi connectivity index (χ0v) is 14.4. The van der Waals surface area contributed by atoms with E-state index in [0.29, 0.717) is 12.0 Å². The second kappa shape index (κ2) is 7.28. The van der Waals surface area contributed by atoms with Crippen LogP contribution in [0, 0.1) is 0 Å². The molecule has 1 amide bonds. The summed E-state index contributed by atoms with van der Waals surface area (Å²) in [6.45, 7) is 1.41. The minimum atomic E-state index is -2.84. The van der Waals surface area contributed by atoms with Gasteiger partial charge in [-0.3, -0.25) is 4.79 Å². The minimum absolute atomic E-state index is 0.0484. The molecule has 0 aliphatic carbocycles. The van der Waals surface area contributed by atoms with Crippen LogP contribution in [0.5, 0.6) is 5.75 Å². The van der Waals surface area contributed by atoms with Crippen LogP contribution in [0.1, 0.15) is 30.3 Å². The van der Waals surface area contributed by atoms with Gasteiger partial charge in [0.05, 0.1) is 17.9 Å². The zero-order valence-electron chi connectivity index (χ0n) is 14.4. The number of nitrogens with zero attached hydrogens (tertiary/aromatic N) is 2. The highest BCUT2D eigenvalue weighted by atomic mass is 19.3. The number of amides is 1. The largest absolute Gasteiger partial charge is 0.485 e. The van der Waals surface area contributed by atoms with Crippen molar-refractivity contribution in [2.24, 2.45) is 5.73 Å². The summed E-state index contributed by atoms with van der Waals surface area (Å²) in [4.78, 5) is 20.4. The summed E-state index contributed by atoms with van der Waals surface area (Å²) in [5, 5.41) is 11.9. The fourth-order valence-electron chi connectivity index (χ4n) is 2.83. The van der Waals surface area contributed by atoms with Crippen molar-refractivity contribution >= 4 is 17.2 Å². The molecule has 4 N–H and O–H groups in total. The number of alkyl halides is 2. The number of benzene rings is 1. The molecule has 0 bridgehead atoms. The fourth-order valence-corrected chi connectivity index (χ4v) is 2.83. The van der Waals surface area contributed by atoms with Crippen molar-refractivity contribution in [2.75, 3.05) is 11.9 Å². The molecule has 2 heterocycles. The number of aromatic nitrogens is 2. The summed E-state index contributed by atoms with van der Waals surface area (Å²) in [5.74, 6) is -0.372. The van der Waals surface area contributed by atoms with Crippen molar-refractivity contribution in [2.45, 2.75) is 25.4 Å². The van der Waals surface area contributed by atoms with Crippen LogP contribution in [0.3, 0.4) is 0 Å². The molecule has 9 heteroatoms. The van der Waals surface area contributed by atoms with Gasteiger partial charge in [-0.05, 0) is 25.1 Å². The standard InChI is InChI=1S/C18H18F2N4O3/c1-18(9-25)7-10-5-13(11(15(19)20)6-14(10)27-18)24-17(26)12(8-21)16-22-3-2-4-23-16/h2-6,8,15,25H,7,9,21H2,1H3,(H,24,26)/t18-/m1/s1. The van der Waals surface area contributed by atoms with Crippen LogP contribution in [0.4, 0.5) is 14.5 Å². The third kappa shape index (κ3) is 3.72. The van der Waals surface area contributed by atoms with Gasteiger partial charge in [0, 0.05) is 36.1 Å². The SMILES string of the molecule is C[C@]1(CO)Cc2cc(NC(=O)C(=CN)c3ncccn3)c(C(F)F)cc2O1. The van der Waals surface area contributed by atoms with Crippen LogP contribution in [0.15, 0.2) is 36.8 Å². The number of anilines is 1. The molecular weight excluding hydrogens is 358 g/mol. The van der Waals surface area contributed by atoms with Crippen LogP contribution in [0.25, 0.3) is 5.57 Å². The summed E-state index contributed by atoms with van der Waals surface area (Å²) >= 11 is 0. The van der Waals surface area contributed by atoms with E-state index in [9.17, 15) is 18.7 Å². The number of fused-ring (bicyclic) bond motifs is 1. The van der Waals surface area contributed by atoms with Gasteiger partial charge >= 0.3 is 0 Å². The molecule has 0 radical (unpaired) electrons. The Bertz CT molecular complexity index is 890. The second-order valence-electron chi connectivity index (χ2n) is 6.34. The third-order valence-corrected chi connectivity index (χ3v) is 4.19. The van der Waals surface area contributed by atoms with Crippen LogP contribution in [-0.2, 0) is 11.2 Å². The Kier molecular flexibility index (Phi) is 5.04. The Labute approximate surface area is 153 Å². The number of ether oxygens (including phenoxy) is 1. The Morgan fingerprint density at radius 1 is 1.44 bits per heavy atom.